The lowest BCUT2D eigenvalue weighted by Gasteiger charge is -2.16. The highest BCUT2D eigenvalue weighted by Crippen LogP contribution is 2.16. The average Bonchev–Trinajstić information content (AvgIpc) is 2.45. The maximum Gasteiger partial charge on any atom is 0.120 e. The van der Waals surface area contributed by atoms with E-state index in [1.807, 2.05) is 31.2 Å². The van der Waals surface area contributed by atoms with Gasteiger partial charge in [0.15, 0.2) is 0 Å². The van der Waals surface area contributed by atoms with E-state index in [-0.39, 0.29) is 6.17 Å². The van der Waals surface area contributed by atoms with Gasteiger partial charge in [-0.1, -0.05) is 36.4 Å². The van der Waals surface area contributed by atoms with Crippen LogP contribution in [0.2, 0.25) is 0 Å². The minimum Gasteiger partial charge on any atom is -0.508 e. The molecular formula is C16H20N2O2. The Kier molecular flexibility index (Phi) is 4.98. The number of para-hydroxylation sites is 2. The molecule has 0 aliphatic heterocycles. The Balaban J connectivity index is 1.80. The number of aromatic hydroxyl groups is 2. The van der Waals surface area contributed by atoms with Crippen LogP contribution in [-0.2, 0) is 13.1 Å². The second kappa shape index (κ2) is 6.93. The van der Waals surface area contributed by atoms with Gasteiger partial charge in [0.1, 0.15) is 11.5 Å². The third kappa shape index (κ3) is 3.98. The standard InChI is InChI=1S/C16H20N2O2/c1-12(17-10-13-6-2-4-8-15(13)19)18-11-14-7-3-5-9-16(14)20/h2-9,12,17-20H,10-11H2,1H3. The van der Waals surface area contributed by atoms with Gasteiger partial charge in [0.25, 0.3) is 0 Å². The second-order valence-corrected chi connectivity index (χ2v) is 4.74. The molecule has 4 nitrogen and oxygen atoms in total. The van der Waals surface area contributed by atoms with Gasteiger partial charge in [-0.25, -0.2) is 0 Å². The Morgan fingerprint density at radius 3 is 1.60 bits per heavy atom. The molecule has 0 unspecified atom stereocenters. The largest absolute Gasteiger partial charge is 0.508 e. The van der Waals surface area contributed by atoms with Gasteiger partial charge < -0.3 is 10.2 Å². The van der Waals surface area contributed by atoms with E-state index >= 15 is 0 Å². The molecule has 0 saturated heterocycles. The van der Waals surface area contributed by atoms with Crippen LogP contribution in [0.4, 0.5) is 0 Å². The molecule has 0 aromatic heterocycles. The lowest BCUT2D eigenvalue weighted by Crippen LogP contribution is -2.38. The highest BCUT2D eigenvalue weighted by Gasteiger charge is 2.05. The summed E-state index contributed by atoms with van der Waals surface area (Å²) in [6.45, 7) is 3.17. The molecule has 4 heteroatoms. The van der Waals surface area contributed by atoms with Crippen LogP contribution < -0.4 is 10.6 Å². The molecule has 0 atom stereocenters. The Morgan fingerprint density at radius 1 is 0.800 bits per heavy atom. The Hall–Kier alpha value is -2.04. The summed E-state index contributed by atoms with van der Waals surface area (Å²) < 4.78 is 0. The van der Waals surface area contributed by atoms with Crippen LogP contribution in [0.5, 0.6) is 11.5 Å². The average molecular weight is 272 g/mol. The smallest absolute Gasteiger partial charge is 0.120 e. The molecule has 2 aromatic carbocycles. The van der Waals surface area contributed by atoms with Crippen molar-refractivity contribution in [3.63, 3.8) is 0 Å². The van der Waals surface area contributed by atoms with Crippen LogP contribution in [-0.4, -0.2) is 16.4 Å². The zero-order valence-electron chi connectivity index (χ0n) is 11.5. The van der Waals surface area contributed by atoms with Crippen molar-refractivity contribution in [3.8, 4) is 11.5 Å². The topological polar surface area (TPSA) is 64.5 Å². The zero-order chi connectivity index (χ0) is 14.4. The normalized spacial score (nSPS) is 10.9. The van der Waals surface area contributed by atoms with Crippen molar-refractivity contribution in [3.05, 3.63) is 59.7 Å². The molecule has 0 radical (unpaired) electrons. The molecule has 0 aliphatic carbocycles. The first-order valence-electron chi connectivity index (χ1n) is 6.67. The van der Waals surface area contributed by atoms with Gasteiger partial charge in [-0.3, -0.25) is 10.6 Å². The van der Waals surface area contributed by atoms with E-state index in [1.165, 1.54) is 0 Å². The van der Waals surface area contributed by atoms with Crippen LogP contribution in [0.25, 0.3) is 0 Å². The Morgan fingerprint density at radius 2 is 1.20 bits per heavy atom. The fraction of sp³-hybridized carbons (Fsp3) is 0.250. The van der Waals surface area contributed by atoms with Crippen molar-refractivity contribution in [2.75, 3.05) is 0 Å². The summed E-state index contributed by atoms with van der Waals surface area (Å²) in [6, 6.07) is 14.5. The van der Waals surface area contributed by atoms with E-state index < -0.39 is 0 Å². The lowest BCUT2D eigenvalue weighted by molar-refractivity contribution is 0.424. The first-order valence-corrected chi connectivity index (χ1v) is 6.67. The van der Waals surface area contributed by atoms with Crippen molar-refractivity contribution < 1.29 is 10.2 Å². The first kappa shape index (κ1) is 14.4. The number of rotatable bonds is 6. The van der Waals surface area contributed by atoms with E-state index in [2.05, 4.69) is 10.6 Å². The van der Waals surface area contributed by atoms with Gasteiger partial charge >= 0.3 is 0 Å². The van der Waals surface area contributed by atoms with Crippen molar-refractivity contribution in [1.82, 2.24) is 10.6 Å². The molecule has 2 aromatic rings. The molecule has 0 amide bonds. The molecule has 20 heavy (non-hydrogen) atoms. The predicted molar refractivity (Wildman–Crippen MR) is 79.4 cm³/mol. The zero-order valence-corrected chi connectivity index (χ0v) is 11.5. The molecule has 0 spiro atoms. The molecule has 0 bridgehead atoms. The van der Waals surface area contributed by atoms with Gasteiger partial charge in [0.05, 0.1) is 6.17 Å². The quantitative estimate of drug-likeness (QED) is 0.609. The summed E-state index contributed by atoms with van der Waals surface area (Å²) in [5.41, 5.74) is 1.73. The van der Waals surface area contributed by atoms with Crippen molar-refractivity contribution in [1.29, 1.82) is 0 Å². The molecule has 0 saturated carbocycles. The van der Waals surface area contributed by atoms with Crippen molar-refractivity contribution in [2.45, 2.75) is 26.2 Å². The molecular weight excluding hydrogens is 252 g/mol. The summed E-state index contributed by atoms with van der Waals surface area (Å²) in [5, 5.41) is 25.9. The Bertz CT molecular complexity index is 508. The van der Waals surface area contributed by atoms with E-state index in [0.717, 1.165) is 11.1 Å². The van der Waals surface area contributed by atoms with E-state index in [1.54, 1.807) is 24.3 Å². The van der Waals surface area contributed by atoms with E-state index in [9.17, 15) is 10.2 Å². The third-order valence-corrected chi connectivity index (χ3v) is 3.18. The highest BCUT2D eigenvalue weighted by molar-refractivity contribution is 5.32. The van der Waals surface area contributed by atoms with Crippen LogP contribution in [0.3, 0.4) is 0 Å². The number of nitrogens with one attached hydrogen (secondary N) is 2. The molecule has 4 N–H and O–H groups in total. The van der Waals surface area contributed by atoms with Crippen LogP contribution in [0.15, 0.2) is 48.5 Å². The number of hydrogen-bond donors (Lipinski definition) is 4. The number of benzene rings is 2. The summed E-state index contributed by atoms with van der Waals surface area (Å²) >= 11 is 0. The van der Waals surface area contributed by atoms with Gasteiger partial charge in [-0.2, -0.15) is 0 Å². The number of phenolic OH excluding ortho intramolecular Hbond substituents is 2. The maximum absolute atomic E-state index is 9.67. The van der Waals surface area contributed by atoms with Gasteiger partial charge in [0.2, 0.25) is 0 Å². The molecule has 0 aliphatic rings. The summed E-state index contributed by atoms with van der Waals surface area (Å²) in [6.07, 6.45) is 0.0641. The first-order chi connectivity index (χ1) is 9.66. The number of phenols is 2. The highest BCUT2D eigenvalue weighted by atomic mass is 16.3. The van der Waals surface area contributed by atoms with E-state index in [0.29, 0.717) is 24.6 Å². The molecule has 0 heterocycles. The molecule has 106 valence electrons. The molecule has 0 fully saturated rings. The van der Waals surface area contributed by atoms with Crippen LogP contribution in [0, 0.1) is 0 Å². The fourth-order valence-electron chi connectivity index (χ4n) is 1.92. The van der Waals surface area contributed by atoms with Gasteiger partial charge in [-0.15, -0.1) is 0 Å². The van der Waals surface area contributed by atoms with E-state index in [4.69, 9.17) is 0 Å². The minimum absolute atomic E-state index is 0.0641. The minimum atomic E-state index is 0.0641. The summed E-state index contributed by atoms with van der Waals surface area (Å²) in [5.74, 6) is 0.598. The fourth-order valence-corrected chi connectivity index (χ4v) is 1.92. The number of hydrogen-bond acceptors (Lipinski definition) is 4. The van der Waals surface area contributed by atoms with Gasteiger partial charge in [-0.05, 0) is 19.1 Å². The van der Waals surface area contributed by atoms with Crippen molar-refractivity contribution in [2.24, 2.45) is 0 Å². The second-order valence-electron chi connectivity index (χ2n) is 4.74. The third-order valence-electron chi connectivity index (χ3n) is 3.18. The SMILES string of the molecule is CC(NCc1ccccc1O)NCc1ccccc1O. The Labute approximate surface area is 119 Å². The summed E-state index contributed by atoms with van der Waals surface area (Å²) in [4.78, 5) is 0. The molecule has 2 rings (SSSR count). The van der Waals surface area contributed by atoms with Crippen LogP contribution in [0.1, 0.15) is 18.1 Å². The maximum atomic E-state index is 9.67. The predicted octanol–water partition coefficient (Wildman–Crippen LogP) is 2.32. The lowest BCUT2D eigenvalue weighted by atomic mass is 10.2. The summed E-state index contributed by atoms with van der Waals surface area (Å²) in [7, 11) is 0. The van der Waals surface area contributed by atoms with Crippen molar-refractivity contribution >= 4 is 0 Å². The van der Waals surface area contributed by atoms with Gasteiger partial charge in [0, 0.05) is 24.2 Å². The van der Waals surface area contributed by atoms with Crippen LogP contribution >= 0.6 is 0 Å². The monoisotopic (exact) mass is 272 g/mol.